The lowest BCUT2D eigenvalue weighted by atomic mass is 10.1. The fourth-order valence-electron chi connectivity index (χ4n) is 1.59. The number of pyridine rings is 1. The zero-order valence-electron chi connectivity index (χ0n) is 10.5. The van der Waals surface area contributed by atoms with Gasteiger partial charge in [-0.1, -0.05) is 36.4 Å². The minimum Gasteiger partial charge on any atom is -0.458 e. The van der Waals surface area contributed by atoms with E-state index in [2.05, 4.69) is 4.98 Å². The molecule has 2 aromatic rings. The number of nitrogens with zero attached hydrogens (tertiary/aromatic N) is 1. The van der Waals surface area contributed by atoms with Crippen LogP contribution in [0, 0.1) is 0 Å². The number of aromatic nitrogens is 1. The van der Waals surface area contributed by atoms with Gasteiger partial charge in [0.05, 0.1) is 11.8 Å². The molecule has 0 spiro atoms. The number of carbonyl (C=O) groups is 1. The highest BCUT2D eigenvalue weighted by atomic mass is 16.5. The Labute approximate surface area is 106 Å². The Morgan fingerprint density at radius 2 is 1.78 bits per heavy atom. The molecule has 0 bridgehead atoms. The highest BCUT2D eigenvalue weighted by molar-refractivity contribution is 5.88. The average molecular weight is 241 g/mol. The third-order valence-electron chi connectivity index (χ3n) is 2.37. The smallest absolute Gasteiger partial charge is 0.357 e. The van der Waals surface area contributed by atoms with Crippen LogP contribution >= 0.6 is 0 Å². The van der Waals surface area contributed by atoms with E-state index in [0.717, 1.165) is 11.3 Å². The van der Waals surface area contributed by atoms with Crippen LogP contribution in [0.25, 0.3) is 11.3 Å². The molecule has 0 fully saturated rings. The summed E-state index contributed by atoms with van der Waals surface area (Å²) >= 11 is 0. The molecule has 0 atom stereocenters. The van der Waals surface area contributed by atoms with E-state index in [9.17, 15) is 4.79 Å². The Balaban J connectivity index is 2.28. The van der Waals surface area contributed by atoms with Crippen molar-refractivity contribution in [2.24, 2.45) is 0 Å². The van der Waals surface area contributed by atoms with E-state index in [4.69, 9.17) is 4.74 Å². The Morgan fingerprint density at radius 1 is 1.06 bits per heavy atom. The fraction of sp³-hybridized carbons (Fsp3) is 0.200. The van der Waals surface area contributed by atoms with Gasteiger partial charge in [-0.05, 0) is 26.0 Å². The van der Waals surface area contributed by atoms with Crippen LogP contribution in [0.4, 0.5) is 0 Å². The molecule has 0 amide bonds. The second-order valence-corrected chi connectivity index (χ2v) is 4.23. The van der Waals surface area contributed by atoms with Gasteiger partial charge < -0.3 is 4.74 Å². The fourth-order valence-corrected chi connectivity index (χ4v) is 1.59. The van der Waals surface area contributed by atoms with Crippen molar-refractivity contribution in [2.75, 3.05) is 0 Å². The van der Waals surface area contributed by atoms with Crippen LogP contribution in [0.15, 0.2) is 48.5 Å². The maximum Gasteiger partial charge on any atom is 0.357 e. The van der Waals surface area contributed by atoms with Crippen molar-refractivity contribution in [1.29, 1.82) is 0 Å². The average Bonchev–Trinajstić information content (AvgIpc) is 2.39. The molecule has 0 saturated carbocycles. The van der Waals surface area contributed by atoms with Crippen LogP contribution < -0.4 is 0 Å². The number of rotatable bonds is 3. The number of benzene rings is 1. The largest absolute Gasteiger partial charge is 0.458 e. The van der Waals surface area contributed by atoms with Gasteiger partial charge in [0.15, 0.2) is 0 Å². The maximum atomic E-state index is 11.8. The summed E-state index contributed by atoms with van der Waals surface area (Å²) in [4.78, 5) is 16.1. The predicted octanol–water partition coefficient (Wildman–Crippen LogP) is 3.31. The third-order valence-corrected chi connectivity index (χ3v) is 2.37. The molecule has 1 aromatic carbocycles. The minimum atomic E-state index is -0.386. The monoisotopic (exact) mass is 241 g/mol. The Morgan fingerprint density at radius 3 is 2.44 bits per heavy atom. The molecule has 0 radical (unpaired) electrons. The first kappa shape index (κ1) is 12.3. The molecule has 0 aliphatic rings. The summed E-state index contributed by atoms with van der Waals surface area (Å²) in [6.07, 6.45) is -0.139. The Kier molecular flexibility index (Phi) is 3.72. The van der Waals surface area contributed by atoms with Crippen LogP contribution in [0.1, 0.15) is 24.3 Å². The lowest BCUT2D eigenvalue weighted by Gasteiger charge is -2.08. The molecular formula is C15H15NO2. The van der Waals surface area contributed by atoms with Crippen LogP contribution in [0.3, 0.4) is 0 Å². The van der Waals surface area contributed by atoms with Crippen molar-refractivity contribution in [3.8, 4) is 11.3 Å². The maximum absolute atomic E-state index is 11.8. The van der Waals surface area contributed by atoms with Gasteiger partial charge in [0, 0.05) is 5.56 Å². The standard InChI is InChI=1S/C15H15NO2/c1-11(2)18-15(17)14-10-6-9-13(16-14)12-7-4-3-5-8-12/h3-11H,1-2H3. The summed E-state index contributed by atoms with van der Waals surface area (Å²) in [5.74, 6) is -0.386. The van der Waals surface area contributed by atoms with Crippen molar-refractivity contribution in [2.45, 2.75) is 20.0 Å². The quantitative estimate of drug-likeness (QED) is 0.774. The van der Waals surface area contributed by atoms with Crippen molar-refractivity contribution < 1.29 is 9.53 Å². The van der Waals surface area contributed by atoms with Gasteiger partial charge in [0.25, 0.3) is 0 Å². The summed E-state index contributed by atoms with van der Waals surface area (Å²) in [5.41, 5.74) is 2.09. The summed E-state index contributed by atoms with van der Waals surface area (Å²) in [6, 6.07) is 15.1. The minimum absolute atomic E-state index is 0.139. The van der Waals surface area contributed by atoms with Crippen LogP contribution in [-0.4, -0.2) is 17.1 Å². The molecule has 0 aliphatic heterocycles. The van der Waals surface area contributed by atoms with Gasteiger partial charge in [-0.15, -0.1) is 0 Å². The lowest BCUT2D eigenvalue weighted by Crippen LogP contribution is -2.13. The number of carbonyl (C=O) groups excluding carboxylic acids is 1. The Hall–Kier alpha value is -2.16. The highest BCUT2D eigenvalue weighted by Gasteiger charge is 2.11. The summed E-state index contributed by atoms with van der Waals surface area (Å²) in [7, 11) is 0. The topological polar surface area (TPSA) is 39.2 Å². The van der Waals surface area contributed by atoms with E-state index >= 15 is 0 Å². The number of ether oxygens (including phenoxy) is 1. The van der Waals surface area contributed by atoms with Gasteiger partial charge >= 0.3 is 5.97 Å². The van der Waals surface area contributed by atoms with E-state index in [1.165, 1.54) is 0 Å². The first-order valence-corrected chi connectivity index (χ1v) is 5.90. The van der Waals surface area contributed by atoms with Gasteiger partial charge in [-0.2, -0.15) is 0 Å². The third kappa shape index (κ3) is 2.94. The van der Waals surface area contributed by atoms with Crippen LogP contribution in [0.2, 0.25) is 0 Å². The Bertz CT molecular complexity index is 535. The van der Waals surface area contributed by atoms with Gasteiger partial charge in [0.2, 0.25) is 0 Å². The molecule has 1 heterocycles. The zero-order chi connectivity index (χ0) is 13.0. The molecule has 3 heteroatoms. The van der Waals surface area contributed by atoms with E-state index in [1.54, 1.807) is 6.07 Å². The molecule has 0 saturated heterocycles. The second-order valence-electron chi connectivity index (χ2n) is 4.23. The van der Waals surface area contributed by atoms with Gasteiger partial charge in [0.1, 0.15) is 5.69 Å². The molecule has 0 N–H and O–H groups in total. The van der Waals surface area contributed by atoms with Crippen LogP contribution in [-0.2, 0) is 4.74 Å². The predicted molar refractivity (Wildman–Crippen MR) is 70.2 cm³/mol. The molecular weight excluding hydrogens is 226 g/mol. The van der Waals surface area contributed by atoms with E-state index in [1.807, 2.05) is 56.3 Å². The molecule has 2 rings (SSSR count). The second kappa shape index (κ2) is 5.45. The molecule has 0 aliphatic carbocycles. The van der Waals surface area contributed by atoms with Gasteiger partial charge in [-0.3, -0.25) is 0 Å². The first-order chi connectivity index (χ1) is 8.66. The molecule has 3 nitrogen and oxygen atoms in total. The number of esters is 1. The summed E-state index contributed by atoms with van der Waals surface area (Å²) in [6.45, 7) is 3.64. The van der Waals surface area contributed by atoms with Gasteiger partial charge in [-0.25, -0.2) is 9.78 Å². The van der Waals surface area contributed by atoms with Crippen molar-refractivity contribution in [3.63, 3.8) is 0 Å². The lowest BCUT2D eigenvalue weighted by molar-refractivity contribution is 0.0371. The first-order valence-electron chi connectivity index (χ1n) is 5.90. The normalized spacial score (nSPS) is 10.4. The molecule has 18 heavy (non-hydrogen) atoms. The molecule has 0 unspecified atom stereocenters. The highest BCUT2D eigenvalue weighted by Crippen LogP contribution is 2.16. The van der Waals surface area contributed by atoms with E-state index in [0.29, 0.717) is 5.69 Å². The summed E-state index contributed by atoms with van der Waals surface area (Å²) < 4.78 is 5.13. The van der Waals surface area contributed by atoms with Crippen molar-refractivity contribution >= 4 is 5.97 Å². The number of hydrogen-bond acceptors (Lipinski definition) is 3. The zero-order valence-corrected chi connectivity index (χ0v) is 10.5. The molecule has 1 aromatic heterocycles. The van der Waals surface area contributed by atoms with Crippen LogP contribution in [0.5, 0.6) is 0 Å². The van der Waals surface area contributed by atoms with Crippen molar-refractivity contribution in [3.05, 3.63) is 54.2 Å². The summed E-state index contributed by atoms with van der Waals surface area (Å²) in [5, 5.41) is 0. The van der Waals surface area contributed by atoms with E-state index in [-0.39, 0.29) is 12.1 Å². The van der Waals surface area contributed by atoms with E-state index < -0.39 is 0 Å². The number of hydrogen-bond donors (Lipinski definition) is 0. The van der Waals surface area contributed by atoms with Crippen molar-refractivity contribution in [1.82, 2.24) is 4.98 Å². The molecule has 92 valence electrons. The SMILES string of the molecule is CC(C)OC(=O)c1cccc(-c2ccccc2)n1.